The van der Waals surface area contributed by atoms with Gasteiger partial charge in [0.05, 0.1) is 0 Å². The summed E-state index contributed by atoms with van der Waals surface area (Å²) in [6, 6.07) is 0. The monoisotopic (exact) mass is 191 g/mol. The minimum absolute atomic E-state index is 0. The predicted molar refractivity (Wildman–Crippen MR) is 38.4 cm³/mol. The minimum atomic E-state index is -4.74. The Hall–Kier alpha value is -1.47. The second kappa shape index (κ2) is 3.50. The molecule has 13 heavy (non-hydrogen) atoms. The van der Waals surface area contributed by atoms with Crippen LogP contribution >= 0.6 is 0 Å². The van der Waals surface area contributed by atoms with Crippen LogP contribution in [0.3, 0.4) is 0 Å². The van der Waals surface area contributed by atoms with Crippen molar-refractivity contribution in [2.24, 2.45) is 0 Å². The fourth-order valence-corrected chi connectivity index (χ4v) is 0.620. The molecule has 0 spiro atoms. The Morgan fingerprint density at radius 2 is 1.77 bits per heavy atom. The van der Waals surface area contributed by atoms with Crippen LogP contribution in [-0.4, -0.2) is 18.4 Å². The molecule has 1 heterocycles. The molecular weight excluding hydrogens is 188 g/mol. The number of H-pyrrole nitrogens is 2. The third-order valence-corrected chi connectivity index (χ3v) is 1.12. The maximum absolute atomic E-state index is 11.8. The number of halogens is 3. The van der Waals surface area contributed by atoms with E-state index < -0.39 is 23.0 Å². The van der Waals surface area contributed by atoms with Crippen LogP contribution in [-0.2, 0) is 6.18 Å². The van der Waals surface area contributed by atoms with Crippen molar-refractivity contribution in [3.05, 3.63) is 32.6 Å². The van der Waals surface area contributed by atoms with E-state index in [1.807, 2.05) is 0 Å². The SMILES string of the molecule is O=c1[nH]cc(C(F)(F)F)c(=O)[nH]1.[B]. The van der Waals surface area contributed by atoms with Gasteiger partial charge in [0.15, 0.2) is 0 Å². The Morgan fingerprint density at radius 3 is 2.15 bits per heavy atom. The van der Waals surface area contributed by atoms with Gasteiger partial charge >= 0.3 is 11.9 Å². The smallest absolute Gasteiger partial charge is 0.313 e. The molecule has 1 rings (SSSR count). The Bertz CT molecular complexity index is 394. The van der Waals surface area contributed by atoms with Crippen LogP contribution in [0.1, 0.15) is 5.56 Å². The van der Waals surface area contributed by atoms with Crippen molar-refractivity contribution < 1.29 is 13.2 Å². The highest BCUT2D eigenvalue weighted by Gasteiger charge is 2.34. The van der Waals surface area contributed by atoms with Gasteiger partial charge < -0.3 is 4.98 Å². The van der Waals surface area contributed by atoms with Crippen LogP contribution in [0.2, 0.25) is 0 Å². The molecule has 0 saturated heterocycles. The van der Waals surface area contributed by atoms with Gasteiger partial charge in [0.2, 0.25) is 0 Å². The first-order valence-corrected chi connectivity index (χ1v) is 2.80. The highest BCUT2D eigenvalue weighted by Crippen LogP contribution is 2.24. The molecular formula is C5H3BF3N2O2. The molecule has 0 fully saturated rings. The normalized spacial score (nSPS) is 10.7. The molecule has 0 aliphatic rings. The number of hydrogen-bond donors (Lipinski definition) is 2. The third-order valence-electron chi connectivity index (χ3n) is 1.12. The highest BCUT2D eigenvalue weighted by atomic mass is 19.4. The van der Waals surface area contributed by atoms with E-state index in [1.165, 1.54) is 4.98 Å². The lowest BCUT2D eigenvalue weighted by atomic mass is 10.3. The topological polar surface area (TPSA) is 65.7 Å². The third kappa shape index (κ3) is 2.50. The summed E-state index contributed by atoms with van der Waals surface area (Å²) in [5.74, 6) is 0. The summed E-state index contributed by atoms with van der Waals surface area (Å²) in [6.07, 6.45) is -4.40. The zero-order valence-electron chi connectivity index (χ0n) is 6.11. The van der Waals surface area contributed by atoms with Gasteiger partial charge in [0, 0.05) is 14.6 Å². The van der Waals surface area contributed by atoms with Crippen molar-refractivity contribution in [3.8, 4) is 0 Å². The van der Waals surface area contributed by atoms with Crippen molar-refractivity contribution >= 4 is 8.41 Å². The summed E-state index contributed by atoms with van der Waals surface area (Å²) in [6.45, 7) is 0. The first-order chi connectivity index (χ1) is 5.41. The largest absolute Gasteiger partial charge is 0.423 e. The Morgan fingerprint density at radius 1 is 1.23 bits per heavy atom. The van der Waals surface area contributed by atoms with E-state index in [0.29, 0.717) is 6.20 Å². The molecule has 0 aromatic carbocycles. The van der Waals surface area contributed by atoms with E-state index in [9.17, 15) is 22.8 Å². The second-order valence-corrected chi connectivity index (χ2v) is 1.98. The number of alkyl halides is 3. The fraction of sp³-hybridized carbons (Fsp3) is 0.200. The summed E-state index contributed by atoms with van der Waals surface area (Å²) in [7, 11) is 0. The van der Waals surface area contributed by atoms with Gasteiger partial charge in [-0.3, -0.25) is 9.78 Å². The first kappa shape index (κ1) is 11.5. The van der Waals surface area contributed by atoms with Crippen molar-refractivity contribution in [1.82, 2.24) is 9.97 Å². The number of nitrogens with one attached hydrogen (secondary N) is 2. The predicted octanol–water partition coefficient (Wildman–Crippen LogP) is -0.299. The van der Waals surface area contributed by atoms with Crippen LogP contribution < -0.4 is 11.2 Å². The average molecular weight is 191 g/mol. The van der Waals surface area contributed by atoms with Gasteiger partial charge in [0.1, 0.15) is 5.56 Å². The summed E-state index contributed by atoms with van der Waals surface area (Å²) in [5.41, 5.74) is -3.82. The first-order valence-electron chi connectivity index (χ1n) is 2.80. The number of rotatable bonds is 0. The van der Waals surface area contributed by atoms with Crippen molar-refractivity contribution in [2.45, 2.75) is 6.18 Å². The van der Waals surface area contributed by atoms with Crippen LogP contribution in [0.5, 0.6) is 0 Å². The van der Waals surface area contributed by atoms with Gasteiger partial charge in [-0.2, -0.15) is 13.2 Å². The van der Waals surface area contributed by atoms with E-state index in [0.717, 1.165) is 0 Å². The quantitative estimate of drug-likeness (QED) is 0.552. The summed E-state index contributed by atoms with van der Waals surface area (Å²) in [5, 5.41) is 0. The van der Waals surface area contributed by atoms with E-state index in [-0.39, 0.29) is 8.41 Å². The van der Waals surface area contributed by atoms with Crippen LogP contribution in [0.4, 0.5) is 13.2 Å². The number of aromatic nitrogens is 2. The van der Waals surface area contributed by atoms with Crippen molar-refractivity contribution in [3.63, 3.8) is 0 Å². The molecule has 0 bridgehead atoms. The van der Waals surface area contributed by atoms with Crippen molar-refractivity contribution in [1.29, 1.82) is 0 Å². The van der Waals surface area contributed by atoms with Crippen LogP contribution in [0.25, 0.3) is 0 Å². The Labute approximate surface area is 71.4 Å². The molecule has 0 saturated carbocycles. The lowest BCUT2D eigenvalue weighted by Crippen LogP contribution is -2.28. The van der Waals surface area contributed by atoms with Crippen LogP contribution in [0, 0.1) is 0 Å². The molecule has 69 valence electrons. The zero-order valence-corrected chi connectivity index (χ0v) is 6.11. The van der Waals surface area contributed by atoms with E-state index in [4.69, 9.17) is 0 Å². The molecule has 2 N–H and O–H groups in total. The molecule has 0 unspecified atom stereocenters. The Balaban J connectivity index is 0.00000144. The molecule has 8 heteroatoms. The molecule has 3 radical (unpaired) electrons. The second-order valence-electron chi connectivity index (χ2n) is 1.98. The lowest BCUT2D eigenvalue weighted by molar-refractivity contribution is -0.139. The number of hydrogen-bond acceptors (Lipinski definition) is 2. The molecule has 0 aliphatic heterocycles. The zero-order chi connectivity index (χ0) is 9.35. The van der Waals surface area contributed by atoms with Gasteiger partial charge in [-0.25, -0.2) is 4.79 Å². The number of aromatic amines is 2. The highest BCUT2D eigenvalue weighted by molar-refractivity contribution is 5.75. The molecule has 4 nitrogen and oxygen atoms in total. The van der Waals surface area contributed by atoms with Gasteiger partial charge in [0.25, 0.3) is 5.56 Å². The Kier molecular flexibility index (Phi) is 3.11. The lowest BCUT2D eigenvalue weighted by Gasteiger charge is -2.02. The van der Waals surface area contributed by atoms with Crippen LogP contribution in [0.15, 0.2) is 15.8 Å². The maximum atomic E-state index is 11.8. The van der Waals surface area contributed by atoms with Gasteiger partial charge in [-0.05, 0) is 0 Å². The van der Waals surface area contributed by atoms with Gasteiger partial charge in [-0.1, -0.05) is 0 Å². The summed E-state index contributed by atoms with van der Waals surface area (Å²) in [4.78, 5) is 24.0. The van der Waals surface area contributed by atoms with E-state index in [2.05, 4.69) is 0 Å². The molecule has 1 aromatic heterocycles. The fourth-order valence-electron chi connectivity index (χ4n) is 0.620. The average Bonchev–Trinajstić information content (AvgIpc) is 1.83. The standard InChI is InChI=1S/C5H3F3N2O2.B/c6-5(7,8)2-1-9-4(12)10-3(2)11;/h1H,(H2,9,10,11,12);. The maximum Gasteiger partial charge on any atom is 0.423 e. The van der Waals surface area contributed by atoms with E-state index >= 15 is 0 Å². The molecule has 0 aliphatic carbocycles. The minimum Gasteiger partial charge on any atom is -0.313 e. The molecule has 1 aromatic rings. The molecule has 0 atom stereocenters. The van der Waals surface area contributed by atoms with E-state index in [1.54, 1.807) is 4.98 Å². The summed E-state index contributed by atoms with van der Waals surface area (Å²) < 4.78 is 35.5. The molecule has 0 amide bonds. The van der Waals surface area contributed by atoms with Crippen molar-refractivity contribution in [2.75, 3.05) is 0 Å². The van der Waals surface area contributed by atoms with Gasteiger partial charge in [-0.15, -0.1) is 0 Å². The summed E-state index contributed by atoms with van der Waals surface area (Å²) >= 11 is 0.